The number of hydrogen-bond donors (Lipinski definition) is 1. The molecule has 0 fully saturated rings. The highest BCUT2D eigenvalue weighted by molar-refractivity contribution is 6.36. The van der Waals surface area contributed by atoms with E-state index >= 15 is 0 Å². The first-order chi connectivity index (χ1) is 12.4. The van der Waals surface area contributed by atoms with E-state index in [9.17, 15) is 9.59 Å². The van der Waals surface area contributed by atoms with Crippen LogP contribution in [0.2, 0.25) is 10.0 Å². The second kappa shape index (κ2) is 9.26. The van der Waals surface area contributed by atoms with E-state index in [0.717, 1.165) is 0 Å². The topological polar surface area (TPSA) is 86.8 Å². The molecule has 1 atom stereocenters. The number of halogens is 2. The van der Waals surface area contributed by atoms with E-state index in [1.807, 2.05) is 0 Å². The number of carbonyl (C=O) groups is 2. The smallest absolute Gasteiger partial charge is 0.344 e. The number of hydrogen-bond acceptors (Lipinski definition) is 6. The van der Waals surface area contributed by atoms with Crippen LogP contribution in [0.1, 0.15) is 6.92 Å². The lowest BCUT2D eigenvalue weighted by Crippen LogP contribution is -2.32. The van der Waals surface area contributed by atoms with Crippen molar-refractivity contribution in [2.75, 3.05) is 19.0 Å². The van der Waals surface area contributed by atoms with Gasteiger partial charge in [-0.25, -0.2) is 9.78 Å². The van der Waals surface area contributed by atoms with E-state index in [1.165, 1.54) is 19.2 Å². The molecule has 1 heterocycles. The molecule has 1 amide bonds. The minimum atomic E-state index is -1.06. The summed E-state index contributed by atoms with van der Waals surface area (Å²) in [6.45, 7) is 1.08. The first-order valence-electron chi connectivity index (χ1n) is 7.47. The van der Waals surface area contributed by atoms with Crippen LogP contribution in [-0.4, -0.2) is 36.7 Å². The number of rotatable bonds is 7. The zero-order valence-electron chi connectivity index (χ0n) is 14.0. The number of nitrogens with zero attached hydrogens (tertiary/aromatic N) is 1. The largest absolute Gasteiger partial charge is 0.497 e. The minimum absolute atomic E-state index is 0.124. The average molecular weight is 399 g/mol. The van der Waals surface area contributed by atoms with Crippen LogP contribution < -0.4 is 14.8 Å². The van der Waals surface area contributed by atoms with Crippen LogP contribution in [0.25, 0.3) is 0 Å². The standard InChI is InChI=1S/C17H16Cl2N2O5/c1-10(17(23)21-16-14(19)7-11(18)8-20-16)26-15(22)9-25-13-5-3-12(24-2)4-6-13/h3-8,10H,9H2,1-2H3,(H,20,21,23)/t10-/m0/s1. The van der Waals surface area contributed by atoms with E-state index in [-0.39, 0.29) is 17.4 Å². The summed E-state index contributed by atoms with van der Waals surface area (Å²) in [4.78, 5) is 27.8. The fourth-order valence-corrected chi connectivity index (χ4v) is 2.25. The molecule has 1 aromatic heterocycles. The van der Waals surface area contributed by atoms with Gasteiger partial charge in [0.2, 0.25) is 0 Å². The lowest BCUT2D eigenvalue weighted by Gasteiger charge is -2.14. The van der Waals surface area contributed by atoms with Gasteiger partial charge >= 0.3 is 5.97 Å². The molecule has 0 aliphatic carbocycles. The highest BCUT2D eigenvalue weighted by Crippen LogP contribution is 2.22. The molecule has 0 saturated heterocycles. The highest BCUT2D eigenvalue weighted by atomic mass is 35.5. The lowest BCUT2D eigenvalue weighted by atomic mass is 10.3. The molecule has 138 valence electrons. The molecule has 7 nitrogen and oxygen atoms in total. The summed E-state index contributed by atoms with van der Waals surface area (Å²) in [6.07, 6.45) is 0.276. The Labute approximate surface area is 160 Å². The van der Waals surface area contributed by atoms with Gasteiger partial charge in [-0.15, -0.1) is 0 Å². The SMILES string of the molecule is COc1ccc(OCC(=O)O[C@@H](C)C(=O)Nc2ncc(Cl)cc2Cl)cc1. The zero-order chi connectivity index (χ0) is 19.1. The van der Waals surface area contributed by atoms with Crippen LogP contribution in [0.4, 0.5) is 5.82 Å². The number of carbonyl (C=O) groups excluding carboxylic acids is 2. The molecule has 0 aliphatic rings. The van der Waals surface area contributed by atoms with Gasteiger partial charge in [-0.2, -0.15) is 0 Å². The van der Waals surface area contributed by atoms with Crippen molar-refractivity contribution in [3.63, 3.8) is 0 Å². The Kier molecular flexibility index (Phi) is 7.06. The molecular weight excluding hydrogens is 383 g/mol. The number of aromatic nitrogens is 1. The molecule has 0 bridgehead atoms. The van der Waals surface area contributed by atoms with Crippen molar-refractivity contribution < 1.29 is 23.8 Å². The van der Waals surface area contributed by atoms with Crippen molar-refractivity contribution >= 4 is 40.9 Å². The van der Waals surface area contributed by atoms with Crippen LogP contribution in [0.15, 0.2) is 36.5 Å². The molecule has 2 rings (SSSR count). The molecule has 0 spiro atoms. The number of benzene rings is 1. The highest BCUT2D eigenvalue weighted by Gasteiger charge is 2.19. The molecule has 1 aromatic carbocycles. The van der Waals surface area contributed by atoms with E-state index in [2.05, 4.69) is 10.3 Å². The first-order valence-corrected chi connectivity index (χ1v) is 8.23. The Balaban J connectivity index is 1.82. The summed E-state index contributed by atoms with van der Waals surface area (Å²) >= 11 is 11.7. The third kappa shape index (κ3) is 5.79. The molecule has 0 saturated carbocycles. The van der Waals surface area contributed by atoms with Gasteiger partial charge in [-0.3, -0.25) is 4.79 Å². The Morgan fingerprint density at radius 2 is 1.85 bits per heavy atom. The van der Waals surface area contributed by atoms with Crippen molar-refractivity contribution in [1.29, 1.82) is 0 Å². The van der Waals surface area contributed by atoms with Crippen LogP contribution >= 0.6 is 23.2 Å². The third-order valence-corrected chi connectivity index (χ3v) is 3.64. The normalized spacial score (nSPS) is 11.4. The molecular formula is C17H16Cl2N2O5. The van der Waals surface area contributed by atoms with Crippen LogP contribution in [0.3, 0.4) is 0 Å². The zero-order valence-corrected chi connectivity index (χ0v) is 15.5. The molecule has 26 heavy (non-hydrogen) atoms. The predicted molar refractivity (Wildman–Crippen MR) is 96.9 cm³/mol. The Morgan fingerprint density at radius 3 is 2.46 bits per heavy atom. The number of esters is 1. The Morgan fingerprint density at radius 1 is 1.19 bits per heavy atom. The average Bonchev–Trinajstić information content (AvgIpc) is 2.62. The van der Waals surface area contributed by atoms with Gasteiger partial charge in [0.15, 0.2) is 18.5 Å². The minimum Gasteiger partial charge on any atom is -0.497 e. The van der Waals surface area contributed by atoms with Gasteiger partial charge in [0.25, 0.3) is 5.91 Å². The van der Waals surface area contributed by atoms with Gasteiger partial charge in [0.1, 0.15) is 11.5 Å². The van der Waals surface area contributed by atoms with Crippen molar-refractivity contribution in [3.05, 3.63) is 46.6 Å². The van der Waals surface area contributed by atoms with Gasteiger partial charge in [-0.1, -0.05) is 23.2 Å². The van der Waals surface area contributed by atoms with E-state index < -0.39 is 18.0 Å². The van der Waals surface area contributed by atoms with Crippen molar-refractivity contribution in [1.82, 2.24) is 4.98 Å². The Bertz CT molecular complexity index is 783. The number of anilines is 1. The quantitative estimate of drug-likeness (QED) is 0.719. The van der Waals surface area contributed by atoms with Gasteiger partial charge in [-0.05, 0) is 37.3 Å². The number of methoxy groups -OCH3 is 1. The maximum atomic E-state index is 12.1. The fraction of sp³-hybridized carbons (Fsp3) is 0.235. The summed E-state index contributed by atoms with van der Waals surface area (Å²) in [6, 6.07) is 8.12. The van der Waals surface area contributed by atoms with Gasteiger partial charge in [0.05, 0.1) is 17.2 Å². The second-order valence-electron chi connectivity index (χ2n) is 5.07. The summed E-state index contributed by atoms with van der Waals surface area (Å²) in [7, 11) is 1.55. The van der Waals surface area contributed by atoms with Crippen molar-refractivity contribution in [3.8, 4) is 11.5 Å². The first kappa shape index (κ1) is 19.8. The summed E-state index contributed by atoms with van der Waals surface area (Å²) in [5, 5.41) is 2.97. The summed E-state index contributed by atoms with van der Waals surface area (Å²) < 4.78 is 15.3. The lowest BCUT2D eigenvalue weighted by molar-refractivity contribution is -0.155. The monoisotopic (exact) mass is 398 g/mol. The molecule has 2 aromatic rings. The molecule has 0 aliphatic heterocycles. The van der Waals surface area contributed by atoms with Gasteiger partial charge < -0.3 is 19.5 Å². The van der Waals surface area contributed by atoms with Crippen molar-refractivity contribution in [2.24, 2.45) is 0 Å². The molecule has 0 radical (unpaired) electrons. The van der Waals surface area contributed by atoms with Crippen LogP contribution in [0.5, 0.6) is 11.5 Å². The number of nitrogens with one attached hydrogen (secondary N) is 1. The van der Waals surface area contributed by atoms with Crippen molar-refractivity contribution in [2.45, 2.75) is 13.0 Å². The fourth-order valence-electron chi connectivity index (χ4n) is 1.82. The molecule has 1 N–H and O–H groups in total. The van der Waals surface area contributed by atoms with Gasteiger partial charge in [0, 0.05) is 6.20 Å². The number of pyridine rings is 1. The predicted octanol–water partition coefficient (Wildman–Crippen LogP) is 3.35. The number of ether oxygens (including phenoxy) is 3. The van der Waals surface area contributed by atoms with E-state index in [4.69, 9.17) is 37.4 Å². The molecule has 9 heteroatoms. The maximum Gasteiger partial charge on any atom is 0.344 e. The summed E-state index contributed by atoms with van der Waals surface area (Å²) in [5.41, 5.74) is 0. The second-order valence-corrected chi connectivity index (χ2v) is 5.91. The van der Waals surface area contributed by atoms with E-state index in [1.54, 1.807) is 31.4 Å². The van der Waals surface area contributed by atoms with Crippen LogP contribution in [0, 0.1) is 0 Å². The van der Waals surface area contributed by atoms with E-state index in [0.29, 0.717) is 16.5 Å². The Hall–Kier alpha value is -2.51. The summed E-state index contributed by atoms with van der Waals surface area (Å²) in [5.74, 6) is -0.0201. The number of amides is 1. The van der Waals surface area contributed by atoms with Crippen LogP contribution in [-0.2, 0) is 14.3 Å². The third-order valence-electron chi connectivity index (χ3n) is 3.14. The molecule has 0 unspecified atom stereocenters. The maximum absolute atomic E-state index is 12.1.